The van der Waals surface area contributed by atoms with Crippen LogP contribution in [0.15, 0.2) is 89.6 Å². The molecule has 2 saturated heterocycles. The van der Waals surface area contributed by atoms with Crippen LogP contribution >= 0.6 is 11.6 Å². The highest BCUT2D eigenvalue weighted by Crippen LogP contribution is 2.46. The fourth-order valence-electron chi connectivity index (χ4n) is 9.21. The van der Waals surface area contributed by atoms with Gasteiger partial charge in [-0.3, -0.25) is 19.8 Å². The molecule has 1 aliphatic carbocycles. The summed E-state index contributed by atoms with van der Waals surface area (Å²) in [5.41, 5.74) is 2.50. The first-order chi connectivity index (χ1) is 32.5. The lowest BCUT2D eigenvalue weighted by Gasteiger charge is -2.39. The maximum absolute atomic E-state index is 14.0. The Morgan fingerprint density at radius 3 is 2.49 bits per heavy atom. The maximum atomic E-state index is 14.0. The van der Waals surface area contributed by atoms with E-state index in [2.05, 4.69) is 38.9 Å². The number of ether oxygens (including phenoxy) is 1. The number of nitro groups is 1. The van der Waals surface area contributed by atoms with E-state index in [1.54, 1.807) is 30.5 Å². The Morgan fingerprint density at radius 1 is 1.01 bits per heavy atom. The number of hydrogen-bond donors (Lipinski definition) is 3. The Bertz CT molecular complexity index is 3050. The number of allylic oxidation sites excluding steroid dienone is 1. The number of amides is 1. The Labute approximate surface area is 403 Å². The van der Waals surface area contributed by atoms with Crippen LogP contribution in [0.3, 0.4) is 0 Å². The highest BCUT2D eigenvalue weighted by atomic mass is 35.5. The van der Waals surface area contributed by atoms with Crippen LogP contribution in [-0.4, -0.2) is 105 Å². The molecule has 3 aromatic carbocycles. The average molecular weight is 1010 g/mol. The number of carbonyl (C=O) groups excluding carboxylic acids is 1. The van der Waals surface area contributed by atoms with Crippen LogP contribution < -0.4 is 19.7 Å². The van der Waals surface area contributed by atoms with Gasteiger partial charge in [0.2, 0.25) is 10.0 Å². The number of halogens is 4. The Hall–Kier alpha value is -5.74. The molecule has 69 heavy (non-hydrogen) atoms. The number of nitro benzene ring substituents is 1. The quantitative estimate of drug-likeness (QED) is 0.0706. The van der Waals surface area contributed by atoms with E-state index in [9.17, 15) is 44.9 Å². The predicted molar refractivity (Wildman–Crippen MR) is 258 cm³/mol. The molecule has 22 heteroatoms. The molecule has 5 aromatic rings. The number of piperidine rings is 1. The van der Waals surface area contributed by atoms with E-state index >= 15 is 0 Å². The second-order valence-corrected chi connectivity index (χ2v) is 22.7. The molecule has 2 fully saturated rings. The van der Waals surface area contributed by atoms with Crippen LogP contribution in [0.4, 0.5) is 30.2 Å². The summed E-state index contributed by atoms with van der Waals surface area (Å²) in [5, 5.41) is 16.0. The summed E-state index contributed by atoms with van der Waals surface area (Å²) < 4.78 is 102. The van der Waals surface area contributed by atoms with Gasteiger partial charge in [0.25, 0.3) is 21.6 Å². The Kier molecular flexibility index (Phi) is 14.1. The van der Waals surface area contributed by atoms with Crippen molar-refractivity contribution in [3.05, 3.63) is 117 Å². The molecule has 4 heterocycles. The minimum Gasteiger partial charge on any atom is -0.455 e. The fraction of sp³-hybridized carbons (Fsp3) is 0.404. The molecule has 2 aliphatic heterocycles. The van der Waals surface area contributed by atoms with E-state index < -0.39 is 53.2 Å². The standard InChI is InChI=1S/C47H52ClF3N8O8S2/c1-46(2)14-12-32(39(25-46)37-9-6-33(22-40(37)48)47(49,50)51)29-56-17-19-57(20-18-56)34-7-10-38(43(23-34)67-35-21-31-13-15-52-44(31)54-27-35)45(60)55-69(65,66)36-8-11-41(42(24-36)59(61)62)53-26-30-5-4-16-58(28-30)68(3,63)64/h6-11,13,15,21-24,27,30,53H,4-5,12,14,16-20,25-26,28-29H2,1-3H3,(H,52,54)(H,55,60)/t30-/m1/s1. The summed E-state index contributed by atoms with van der Waals surface area (Å²) >= 11 is 6.53. The number of benzene rings is 3. The van der Waals surface area contributed by atoms with Crippen molar-refractivity contribution in [1.29, 1.82) is 0 Å². The van der Waals surface area contributed by atoms with Crippen LogP contribution in [-0.2, 0) is 26.2 Å². The third-order valence-electron chi connectivity index (χ3n) is 13.0. The van der Waals surface area contributed by atoms with Crippen molar-refractivity contribution in [3.8, 4) is 11.5 Å². The lowest BCUT2D eigenvalue weighted by Crippen LogP contribution is -2.47. The summed E-state index contributed by atoms with van der Waals surface area (Å²) in [6.45, 7) is 8.14. The predicted octanol–water partition coefficient (Wildman–Crippen LogP) is 8.92. The molecule has 3 N–H and O–H groups in total. The van der Waals surface area contributed by atoms with Gasteiger partial charge in [-0.2, -0.15) is 13.2 Å². The number of anilines is 2. The SMILES string of the molecule is CC1(C)CCC(CN2CCN(c3ccc(C(=O)NS(=O)(=O)c4ccc(NC[C@H]5CCCN(S(C)(=O)=O)C5)c([N+](=O)[O-])c4)c(Oc4cnc5[nH]ccc5c4)c3)CC2)=C(c2ccc(C(F)(F)F)cc2Cl)C1. The minimum atomic E-state index is -4.69. The molecule has 2 aromatic heterocycles. The number of rotatable bonds is 14. The van der Waals surface area contributed by atoms with Crippen molar-refractivity contribution in [2.75, 3.05) is 68.8 Å². The maximum Gasteiger partial charge on any atom is 0.416 e. The number of pyridine rings is 1. The van der Waals surface area contributed by atoms with Crippen LogP contribution in [0.2, 0.25) is 5.02 Å². The molecule has 0 spiro atoms. The van der Waals surface area contributed by atoms with Gasteiger partial charge in [-0.25, -0.2) is 30.8 Å². The number of nitrogens with one attached hydrogen (secondary N) is 3. The number of aromatic nitrogens is 2. The first-order valence-corrected chi connectivity index (χ1v) is 26.1. The molecule has 368 valence electrons. The Balaban J connectivity index is 0.996. The number of aromatic amines is 1. The first-order valence-electron chi connectivity index (χ1n) is 22.4. The number of hydrogen-bond acceptors (Lipinski definition) is 12. The van der Waals surface area contributed by atoms with Crippen LogP contribution in [0.5, 0.6) is 11.5 Å². The van der Waals surface area contributed by atoms with Gasteiger partial charge >= 0.3 is 6.18 Å². The van der Waals surface area contributed by atoms with Gasteiger partial charge in [0.15, 0.2) is 0 Å². The van der Waals surface area contributed by atoms with Crippen LogP contribution in [0.25, 0.3) is 16.6 Å². The number of H-pyrrole nitrogens is 1. The van der Waals surface area contributed by atoms with Gasteiger partial charge in [0.1, 0.15) is 22.8 Å². The second kappa shape index (κ2) is 19.6. The highest BCUT2D eigenvalue weighted by Gasteiger charge is 2.34. The fourth-order valence-corrected chi connectivity index (χ4v) is 11.4. The number of sulfonamides is 2. The summed E-state index contributed by atoms with van der Waals surface area (Å²) in [6.07, 6.45) is 3.47. The zero-order chi connectivity index (χ0) is 49.5. The zero-order valence-electron chi connectivity index (χ0n) is 38.1. The second-order valence-electron chi connectivity index (χ2n) is 18.6. The topological polar surface area (TPSA) is 200 Å². The number of carbonyl (C=O) groups is 1. The molecule has 1 atom stereocenters. The Morgan fingerprint density at radius 2 is 1.78 bits per heavy atom. The van der Waals surface area contributed by atoms with E-state index in [1.165, 1.54) is 28.7 Å². The molecule has 0 unspecified atom stereocenters. The van der Waals surface area contributed by atoms with Crippen molar-refractivity contribution < 1.29 is 44.5 Å². The number of alkyl halides is 3. The number of piperazine rings is 1. The summed E-state index contributed by atoms with van der Waals surface area (Å²) in [5.74, 6) is -0.899. The van der Waals surface area contributed by atoms with Crippen molar-refractivity contribution >= 4 is 71.2 Å². The normalized spacial score (nSPS) is 18.6. The van der Waals surface area contributed by atoms with E-state index in [0.717, 1.165) is 59.9 Å². The van der Waals surface area contributed by atoms with Gasteiger partial charge in [-0.05, 0) is 103 Å². The summed E-state index contributed by atoms with van der Waals surface area (Å²) in [7, 11) is -8.10. The first kappa shape index (κ1) is 49.7. The van der Waals surface area contributed by atoms with Crippen molar-refractivity contribution in [2.24, 2.45) is 11.3 Å². The van der Waals surface area contributed by atoms with Gasteiger partial charge in [-0.15, -0.1) is 0 Å². The summed E-state index contributed by atoms with van der Waals surface area (Å²) in [6, 6.07) is 15.1. The van der Waals surface area contributed by atoms with Gasteiger partial charge in [0, 0.05) is 86.8 Å². The van der Waals surface area contributed by atoms with Gasteiger partial charge in [-0.1, -0.05) is 37.1 Å². The van der Waals surface area contributed by atoms with E-state index in [1.807, 2.05) is 4.72 Å². The number of fused-ring (bicyclic) bond motifs is 1. The van der Waals surface area contributed by atoms with Crippen molar-refractivity contribution in [3.63, 3.8) is 0 Å². The van der Waals surface area contributed by atoms with E-state index in [-0.39, 0.29) is 52.2 Å². The minimum absolute atomic E-state index is 0.0232. The third-order valence-corrected chi connectivity index (χ3v) is 15.9. The van der Waals surface area contributed by atoms with Crippen LogP contribution in [0, 0.1) is 21.4 Å². The third kappa shape index (κ3) is 11.7. The molecular formula is C47H52ClF3N8O8S2. The summed E-state index contributed by atoms with van der Waals surface area (Å²) in [4.78, 5) is 36.7. The van der Waals surface area contributed by atoms with Gasteiger partial charge in [0.05, 0.1) is 33.4 Å². The molecule has 0 radical (unpaired) electrons. The molecule has 0 bridgehead atoms. The lowest BCUT2D eigenvalue weighted by atomic mass is 9.72. The van der Waals surface area contributed by atoms with Crippen molar-refractivity contribution in [2.45, 2.75) is 57.0 Å². The molecule has 3 aliphatic rings. The molecular weight excluding hydrogens is 961 g/mol. The van der Waals surface area contributed by atoms with E-state index in [4.69, 9.17) is 16.3 Å². The smallest absolute Gasteiger partial charge is 0.416 e. The zero-order valence-corrected chi connectivity index (χ0v) is 40.5. The monoisotopic (exact) mass is 1010 g/mol. The van der Waals surface area contributed by atoms with Crippen LogP contribution in [0.1, 0.15) is 67.4 Å². The molecule has 0 saturated carbocycles. The molecule has 8 rings (SSSR count). The number of nitrogens with zero attached hydrogens (tertiary/aromatic N) is 5. The van der Waals surface area contributed by atoms with Gasteiger partial charge < -0.3 is 19.9 Å². The van der Waals surface area contributed by atoms with E-state index in [0.29, 0.717) is 75.4 Å². The molecule has 1 amide bonds. The largest absolute Gasteiger partial charge is 0.455 e. The van der Waals surface area contributed by atoms with Crippen molar-refractivity contribution in [1.82, 2.24) is 23.9 Å². The highest BCUT2D eigenvalue weighted by molar-refractivity contribution is 7.90. The average Bonchev–Trinajstić information content (AvgIpc) is 3.76. The lowest BCUT2D eigenvalue weighted by molar-refractivity contribution is -0.384. The molecule has 16 nitrogen and oxygen atoms in total.